The van der Waals surface area contributed by atoms with Gasteiger partial charge in [-0.3, -0.25) is 4.79 Å². The molecule has 134 valence electrons. The maximum absolute atomic E-state index is 11.8. The molecule has 2 N–H and O–H groups in total. The molecule has 0 radical (unpaired) electrons. The van der Waals surface area contributed by atoms with Gasteiger partial charge >= 0.3 is 0 Å². The summed E-state index contributed by atoms with van der Waals surface area (Å²) in [4.78, 5) is 19.8. The van der Waals surface area contributed by atoms with Crippen LogP contribution in [0.5, 0.6) is 0 Å². The molecule has 0 aliphatic carbocycles. The first-order valence-corrected chi connectivity index (χ1v) is 8.69. The lowest BCUT2D eigenvalue weighted by Crippen LogP contribution is -2.07. The van der Waals surface area contributed by atoms with E-state index in [2.05, 4.69) is 59.1 Å². The Kier molecular flexibility index (Phi) is 4.12. The van der Waals surface area contributed by atoms with E-state index in [1.807, 2.05) is 29.9 Å². The van der Waals surface area contributed by atoms with Crippen molar-refractivity contribution >= 4 is 22.5 Å². The molecule has 0 atom stereocenters. The summed E-state index contributed by atoms with van der Waals surface area (Å²) in [6.07, 6.45) is 4.99. The van der Waals surface area contributed by atoms with Crippen LogP contribution in [0.1, 0.15) is 5.56 Å². The first-order chi connectivity index (χ1) is 13.0. The van der Waals surface area contributed by atoms with Gasteiger partial charge in [0.05, 0.1) is 17.5 Å². The summed E-state index contributed by atoms with van der Waals surface area (Å²) in [5.41, 5.74) is 6.83. The molecule has 27 heavy (non-hydrogen) atoms. The summed E-state index contributed by atoms with van der Waals surface area (Å²) in [7, 11) is 1.93. The topological polar surface area (TPSA) is 62.7 Å². The average Bonchev–Trinajstić information content (AvgIpc) is 3.27. The van der Waals surface area contributed by atoms with E-state index in [1.165, 1.54) is 11.6 Å². The number of benzene rings is 2. The minimum absolute atomic E-state index is 0.240. The largest absolute Gasteiger partial charge is 0.354 e. The second kappa shape index (κ2) is 6.61. The van der Waals surface area contributed by atoms with Crippen molar-refractivity contribution in [1.82, 2.24) is 14.5 Å². The number of H-pyrrole nitrogens is 1. The van der Waals surface area contributed by atoms with Gasteiger partial charge in [0.25, 0.3) is 0 Å². The number of anilines is 1. The van der Waals surface area contributed by atoms with Crippen LogP contribution in [-0.2, 0) is 11.8 Å². The molecule has 0 unspecified atom stereocenters. The molecule has 0 spiro atoms. The van der Waals surface area contributed by atoms with Crippen LogP contribution in [0.4, 0.5) is 5.69 Å². The van der Waals surface area contributed by atoms with Crippen LogP contribution in [0.15, 0.2) is 67.6 Å². The minimum Gasteiger partial charge on any atom is -0.354 e. The van der Waals surface area contributed by atoms with Gasteiger partial charge in [0.1, 0.15) is 0 Å². The molecule has 2 heterocycles. The highest BCUT2D eigenvalue weighted by Gasteiger charge is 2.13. The maximum Gasteiger partial charge on any atom is 0.247 e. The Labute approximate surface area is 157 Å². The quantitative estimate of drug-likeness (QED) is 0.522. The van der Waals surface area contributed by atoms with E-state index in [9.17, 15) is 4.79 Å². The third-order valence-electron chi connectivity index (χ3n) is 4.52. The molecule has 0 bridgehead atoms. The second-order valence-electron chi connectivity index (χ2n) is 6.65. The van der Waals surface area contributed by atoms with Crippen molar-refractivity contribution in [3.63, 3.8) is 0 Å². The van der Waals surface area contributed by atoms with Crippen LogP contribution >= 0.6 is 0 Å². The Balaban J connectivity index is 1.90. The zero-order chi connectivity index (χ0) is 19.0. The highest BCUT2D eigenvalue weighted by molar-refractivity contribution is 6.04. The number of nitrogens with one attached hydrogen (secondary N) is 2. The Morgan fingerprint density at radius 3 is 2.67 bits per heavy atom. The average molecular weight is 356 g/mol. The van der Waals surface area contributed by atoms with Crippen LogP contribution in [-0.4, -0.2) is 20.4 Å². The Hall–Kier alpha value is -3.60. The maximum atomic E-state index is 11.8. The van der Waals surface area contributed by atoms with E-state index >= 15 is 0 Å². The van der Waals surface area contributed by atoms with E-state index in [0.29, 0.717) is 5.69 Å². The smallest absolute Gasteiger partial charge is 0.247 e. The number of hydrogen-bond donors (Lipinski definition) is 2. The highest BCUT2D eigenvalue weighted by Crippen LogP contribution is 2.34. The summed E-state index contributed by atoms with van der Waals surface area (Å²) in [5.74, 6) is -0.240. The number of fused-ring (bicyclic) bond motifs is 1. The fourth-order valence-corrected chi connectivity index (χ4v) is 3.15. The van der Waals surface area contributed by atoms with E-state index < -0.39 is 0 Å². The van der Waals surface area contributed by atoms with Crippen LogP contribution in [0.3, 0.4) is 0 Å². The third kappa shape index (κ3) is 3.27. The molecule has 5 heteroatoms. The van der Waals surface area contributed by atoms with Gasteiger partial charge in [-0.1, -0.05) is 36.4 Å². The van der Waals surface area contributed by atoms with Crippen LogP contribution in [0.25, 0.3) is 33.4 Å². The van der Waals surface area contributed by atoms with Crippen LogP contribution in [0, 0.1) is 6.92 Å². The van der Waals surface area contributed by atoms with Crippen molar-refractivity contribution in [1.29, 1.82) is 0 Å². The number of amides is 1. The van der Waals surface area contributed by atoms with E-state index in [1.54, 1.807) is 6.33 Å². The van der Waals surface area contributed by atoms with Gasteiger partial charge in [0, 0.05) is 35.6 Å². The highest BCUT2D eigenvalue weighted by atomic mass is 16.1. The molecule has 1 amide bonds. The number of carbonyl (C=O) groups is 1. The molecule has 0 saturated heterocycles. The number of aromatic amines is 1. The van der Waals surface area contributed by atoms with E-state index in [4.69, 9.17) is 0 Å². The van der Waals surface area contributed by atoms with Gasteiger partial charge in [-0.25, -0.2) is 4.98 Å². The Morgan fingerprint density at radius 2 is 2.00 bits per heavy atom. The van der Waals surface area contributed by atoms with Gasteiger partial charge in [0.15, 0.2) is 0 Å². The van der Waals surface area contributed by atoms with Crippen molar-refractivity contribution in [3.8, 4) is 22.5 Å². The van der Waals surface area contributed by atoms with Gasteiger partial charge in [-0.05, 0) is 36.8 Å². The molecule has 0 aliphatic heterocycles. The number of aromatic nitrogens is 3. The first kappa shape index (κ1) is 16.8. The van der Waals surface area contributed by atoms with Crippen molar-refractivity contribution in [2.24, 2.45) is 7.05 Å². The molecule has 0 aliphatic rings. The van der Waals surface area contributed by atoms with Crippen molar-refractivity contribution in [2.45, 2.75) is 6.92 Å². The molecule has 5 nitrogen and oxygen atoms in total. The number of carbonyl (C=O) groups excluding carboxylic acids is 1. The lowest BCUT2D eigenvalue weighted by molar-refractivity contribution is -0.111. The van der Waals surface area contributed by atoms with E-state index in [-0.39, 0.29) is 5.91 Å². The molecular formula is C22H20N4O. The summed E-state index contributed by atoms with van der Waals surface area (Å²) in [6.45, 7) is 5.59. The van der Waals surface area contributed by atoms with Crippen molar-refractivity contribution in [2.75, 3.05) is 5.32 Å². The predicted octanol–water partition coefficient (Wildman–Crippen LogP) is 4.67. The fraction of sp³-hybridized carbons (Fsp3) is 0.0909. The number of nitrogens with zero attached hydrogens (tertiary/aromatic N) is 2. The molecule has 0 saturated carbocycles. The molecule has 2 aromatic heterocycles. The molecule has 2 aromatic carbocycles. The number of aryl methyl sites for hydroxylation is 2. The zero-order valence-corrected chi connectivity index (χ0v) is 15.3. The van der Waals surface area contributed by atoms with Crippen LogP contribution < -0.4 is 5.32 Å². The molecule has 4 aromatic rings. The van der Waals surface area contributed by atoms with Crippen molar-refractivity contribution < 1.29 is 4.79 Å². The molecular weight excluding hydrogens is 336 g/mol. The Bertz CT molecular complexity index is 1150. The van der Waals surface area contributed by atoms with Crippen LogP contribution in [0.2, 0.25) is 0 Å². The summed E-state index contributed by atoms with van der Waals surface area (Å²) < 4.78 is 1.90. The lowest BCUT2D eigenvalue weighted by atomic mass is 10.1. The van der Waals surface area contributed by atoms with Gasteiger partial charge < -0.3 is 14.9 Å². The zero-order valence-electron chi connectivity index (χ0n) is 15.3. The van der Waals surface area contributed by atoms with Gasteiger partial charge in [-0.2, -0.15) is 0 Å². The predicted molar refractivity (Wildman–Crippen MR) is 110 cm³/mol. The number of imidazole rings is 1. The minimum atomic E-state index is -0.240. The molecule has 0 fully saturated rings. The van der Waals surface area contributed by atoms with Gasteiger partial charge in [0.2, 0.25) is 5.91 Å². The lowest BCUT2D eigenvalue weighted by Gasteiger charge is -2.06. The second-order valence-corrected chi connectivity index (χ2v) is 6.65. The number of rotatable bonds is 4. The first-order valence-electron chi connectivity index (χ1n) is 8.69. The monoisotopic (exact) mass is 356 g/mol. The SMILES string of the molecule is C=CC(=O)Nc1cc(-c2cn(C)cn2)c2[nH]c(-c3ccc(C)cc3)cc2c1. The Morgan fingerprint density at radius 1 is 1.22 bits per heavy atom. The van der Waals surface area contributed by atoms with E-state index in [0.717, 1.165) is 33.4 Å². The van der Waals surface area contributed by atoms with Crippen molar-refractivity contribution in [3.05, 3.63) is 73.2 Å². The summed E-state index contributed by atoms with van der Waals surface area (Å²) >= 11 is 0. The summed E-state index contributed by atoms with van der Waals surface area (Å²) in [6, 6.07) is 14.4. The third-order valence-corrected chi connectivity index (χ3v) is 4.52. The summed E-state index contributed by atoms with van der Waals surface area (Å²) in [5, 5.41) is 3.86. The fourth-order valence-electron chi connectivity index (χ4n) is 3.15. The standard InChI is InChI=1S/C22H20N4O/c1-4-21(27)24-17-9-16-10-19(15-7-5-14(2)6-8-15)25-22(16)18(11-17)20-12-26(3)13-23-20/h4-13,25H,1H2,2-3H3,(H,24,27). The normalized spacial score (nSPS) is 10.9. The molecule has 4 rings (SSSR count). The van der Waals surface area contributed by atoms with Gasteiger partial charge in [-0.15, -0.1) is 0 Å². The number of hydrogen-bond acceptors (Lipinski definition) is 2.